The Bertz CT molecular complexity index is 339. The van der Waals surface area contributed by atoms with E-state index in [-0.39, 0.29) is 0 Å². The molecule has 2 nitrogen and oxygen atoms in total. The molecule has 0 aromatic heterocycles. The number of nitrogens with one attached hydrogen (secondary N) is 1. The Hall–Kier alpha value is -0.570. The summed E-state index contributed by atoms with van der Waals surface area (Å²) in [7, 11) is 2.16. The predicted octanol–water partition coefficient (Wildman–Crippen LogP) is 3.06. The molecule has 0 radical (unpaired) electrons. The van der Waals surface area contributed by atoms with Crippen LogP contribution >= 0.6 is 11.6 Å². The van der Waals surface area contributed by atoms with Gasteiger partial charge in [-0.2, -0.15) is 0 Å². The fraction of sp³-hybridized carbons (Fsp3) is 0.600. The van der Waals surface area contributed by atoms with Gasteiger partial charge in [-0.15, -0.1) is 0 Å². The highest BCUT2D eigenvalue weighted by molar-refractivity contribution is 6.31. The summed E-state index contributed by atoms with van der Waals surface area (Å²) in [6.45, 7) is 8.74. The Kier molecular flexibility index (Phi) is 7.33. The van der Waals surface area contributed by atoms with Gasteiger partial charge in [0.15, 0.2) is 0 Å². The highest BCUT2D eigenvalue weighted by Gasteiger charge is 2.02. The molecule has 0 bridgehead atoms. The van der Waals surface area contributed by atoms with E-state index in [0.29, 0.717) is 0 Å². The van der Waals surface area contributed by atoms with Crippen LogP contribution in [0.5, 0.6) is 0 Å². The molecule has 0 fully saturated rings. The minimum absolute atomic E-state index is 0.721. The van der Waals surface area contributed by atoms with Crippen LogP contribution in [0, 0.1) is 5.92 Å². The fourth-order valence-electron chi connectivity index (χ4n) is 1.78. The van der Waals surface area contributed by atoms with Gasteiger partial charge < -0.3 is 10.2 Å². The molecule has 0 aliphatic heterocycles. The summed E-state index contributed by atoms with van der Waals surface area (Å²) < 4.78 is 0. The van der Waals surface area contributed by atoms with Gasteiger partial charge in [-0.05, 0) is 37.6 Å². The van der Waals surface area contributed by atoms with E-state index in [1.807, 2.05) is 18.2 Å². The standard InChI is InChI=1S/C15H25ClN2/c1-13(2)12-17-9-11-18(3)10-8-14-6-4-5-7-15(14)16/h4-7,13,17H,8-12H2,1-3H3. The molecule has 1 aromatic carbocycles. The normalized spacial score (nSPS) is 11.4. The van der Waals surface area contributed by atoms with Crippen molar-refractivity contribution in [3.05, 3.63) is 34.9 Å². The number of hydrogen-bond donors (Lipinski definition) is 1. The predicted molar refractivity (Wildman–Crippen MR) is 80.4 cm³/mol. The minimum Gasteiger partial charge on any atom is -0.315 e. The van der Waals surface area contributed by atoms with Crippen LogP contribution in [-0.4, -0.2) is 38.1 Å². The molecular formula is C15H25ClN2. The Balaban J connectivity index is 2.17. The largest absolute Gasteiger partial charge is 0.315 e. The number of benzene rings is 1. The number of hydrogen-bond acceptors (Lipinski definition) is 2. The lowest BCUT2D eigenvalue weighted by Crippen LogP contribution is -2.32. The van der Waals surface area contributed by atoms with Crippen molar-refractivity contribution < 1.29 is 0 Å². The summed E-state index contributed by atoms with van der Waals surface area (Å²) in [4.78, 5) is 2.34. The van der Waals surface area contributed by atoms with Crippen LogP contribution in [0.2, 0.25) is 5.02 Å². The molecule has 0 saturated heterocycles. The first-order valence-electron chi connectivity index (χ1n) is 6.72. The second-order valence-electron chi connectivity index (χ2n) is 5.24. The summed E-state index contributed by atoms with van der Waals surface area (Å²) in [5.41, 5.74) is 1.24. The van der Waals surface area contributed by atoms with E-state index in [2.05, 4.69) is 37.2 Å². The molecule has 1 rings (SSSR count). The van der Waals surface area contributed by atoms with Crippen LogP contribution in [-0.2, 0) is 6.42 Å². The summed E-state index contributed by atoms with van der Waals surface area (Å²) in [5.74, 6) is 0.721. The average molecular weight is 269 g/mol. The highest BCUT2D eigenvalue weighted by atomic mass is 35.5. The Morgan fingerprint density at radius 2 is 1.94 bits per heavy atom. The van der Waals surface area contributed by atoms with Crippen molar-refractivity contribution in [1.29, 1.82) is 0 Å². The second-order valence-corrected chi connectivity index (χ2v) is 5.65. The summed E-state index contributed by atoms with van der Waals surface area (Å²) in [5, 5.41) is 4.34. The Labute approximate surface area is 116 Å². The smallest absolute Gasteiger partial charge is 0.0438 e. The lowest BCUT2D eigenvalue weighted by atomic mass is 10.1. The third-order valence-electron chi connectivity index (χ3n) is 2.94. The molecule has 1 aromatic rings. The van der Waals surface area contributed by atoms with Crippen molar-refractivity contribution in [1.82, 2.24) is 10.2 Å². The van der Waals surface area contributed by atoms with Crippen LogP contribution in [0.15, 0.2) is 24.3 Å². The first-order chi connectivity index (χ1) is 8.59. The third kappa shape index (κ3) is 6.39. The van der Waals surface area contributed by atoms with Crippen molar-refractivity contribution in [2.75, 3.05) is 33.2 Å². The lowest BCUT2D eigenvalue weighted by Gasteiger charge is -2.17. The van der Waals surface area contributed by atoms with E-state index in [0.717, 1.165) is 43.5 Å². The van der Waals surface area contributed by atoms with Crippen molar-refractivity contribution in [3.63, 3.8) is 0 Å². The van der Waals surface area contributed by atoms with Crippen LogP contribution < -0.4 is 5.32 Å². The monoisotopic (exact) mass is 268 g/mol. The van der Waals surface area contributed by atoms with Crippen LogP contribution in [0.3, 0.4) is 0 Å². The molecule has 0 saturated carbocycles. The van der Waals surface area contributed by atoms with Gasteiger partial charge in [-0.1, -0.05) is 43.6 Å². The Morgan fingerprint density at radius 3 is 2.61 bits per heavy atom. The minimum atomic E-state index is 0.721. The van der Waals surface area contributed by atoms with Crippen molar-refractivity contribution in [3.8, 4) is 0 Å². The fourth-order valence-corrected chi connectivity index (χ4v) is 2.02. The summed E-state index contributed by atoms with van der Waals surface area (Å²) in [6.07, 6.45) is 1.01. The van der Waals surface area contributed by atoms with Gasteiger partial charge in [0.1, 0.15) is 0 Å². The molecule has 0 spiro atoms. The first kappa shape index (κ1) is 15.5. The molecule has 3 heteroatoms. The zero-order chi connectivity index (χ0) is 13.4. The molecule has 1 N–H and O–H groups in total. The van der Waals surface area contributed by atoms with Gasteiger partial charge in [-0.3, -0.25) is 0 Å². The van der Waals surface area contributed by atoms with Crippen molar-refractivity contribution >= 4 is 11.6 Å². The zero-order valence-electron chi connectivity index (χ0n) is 11.7. The average Bonchev–Trinajstić information content (AvgIpc) is 2.33. The first-order valence-corrected chi connectivity index (χ1v) is 7.10. The zero-order valence-corrected chi connectivity index (χ0v) is 12.5. The molecule has 0 atom stereocenters. The van der Waals surface area contributed by atoms with E-state index in [9.17, 15) is 0 Å². The van der Waals surface area contributed by atoms with Gasteiger partial charge in [0.25, 0.3) is 0 Å². The van der Waals surface area contributed by atoms with E-state index >= 15 is 0 Å². The van der Waals surface area contributed by atoms with Gasteiger partial charge in [0, 0.05) is 24.7 Å². The molecule has 0 aliphatic rings. The SMILES string of the molecule is CC(C)CNCCN(C)CCc1ccccc1Cl. The van der Waals surface area contributed by atoms with E-state index in [1.54, 1.807) is 0 Å². The quantitative estimate of drug-likeness (QED) is 0.729. The molecule has 18 heavy (non-hydrogen) atoms. The Morgan fingerprint density at radius 1 is 1.22 bits per heavy atom. The van der Waals surface area contributed by atoms with Crippen molar-refractivity contribution in [2.24, 2.45) is 5.92 Å². The number of nitrogens with zero attached hydrogens (tertiary/aromatic N) is 1. The number of halogens is 1. The molecular weight excluding hydrogens is 244 g/mol. The molecule has 102 valence electrons. The third-order valence-corrected chi connectivity index (χ3v) is 3.31. The van der Waals surface area contributed by atoms with Gasteiger partial charge in [0.05, 0.1) is 0 Å². The van der Waals surface area contributed by atoms with Crippen LogP contribution in [0.4, 0.5) is 0 Å². The second kappa shape index (κ2) is 8.52. The maximum absolute atomic E-state index is 6.14. The van der Waals surface area contributed by atoms with Gasteiger partial charge in [0.2, 0.25) is 0 Å². The molecule has 0 aliphatic carbocycles. The van der Waals surface area contributed by atoms with E-state index in [1.165, 1.54) is 5.56 Å². The molecule has 0 amide bonds. The number of likely N-dealkylation sites (N-methyl/N-ethyl adjacent to an activating group) is 1. The summed E-state index contributed by atoms with van der Waals surface area (Å²) >= 11 is 6.14. The van der Waals surface area contributed by atoms with E-state index in [4.69, 9.17) is 11.6 Å². The molecule has 0 heterocycles. The van der Waals surface area contributed by atoms with Gasteiger partial charge >= 0.3 is 0 Å². The maximum Gasteiger partial charge on any atom is 0.0438 e. The lowest BCUT2D eigenvalue weighted by molar-refractivity contribution is 0.332. The van der Waals surface area contributed by atoms with Crippen molar-refractivity contribution in [2.45, 2.75) is 20.3 Å². The maximum atomic E-state index is 6.14. The van der Waals surface area contributed by atoms with Gasteiger partial charge in [-0.25, -0.2) is 0 Å². The number of rotatable bonds is 8. The summed E-state index contributed by atoms with van der Waals surface area (Å²) in [6, 6.07) is 8.09. The van der Waals surface area contributed by atoms with Crippen LogP contribution in [0.25, 0.3) is 0 Å². The topological polar surface area (TPSA) is 15.3 Å². The van der Waals surface area contributed by atoms with E-state index < -0.39 is 0 Å². The highest BCUT2D eigenvalue weighted by Crippen LogP contribution is 2.15. The molecule has 0 unspecified atom stereocenters. The van der Waals surface area contributed by atoms with Crippen LogP contribution in [0.1, 0.15) is 19.4 Å².